The Morgan fingerprint density at radius 2 is 2.10 bits per heavy atom. The number of aromatic nitrogens is 4. The number of hydrogen-bond acceptors (Lipinski definition) is 4. The average molecular weight is 292 g/mol. The summed E-state index contributed by atoms with van der Waals surface area (Å²) in [4.78, 5) is 8.79. The highest BCUT2D eigenvalue weighted by atomic mass is 32.1. The molecule has 0 saturated heterocycles. The second kappa shape index (κ2) is 4.11. The molecule has 0 unspecified atom stereocenters. The summed E-state index contributed by atoms with van der Waals surface area (Å²) >= 11 is 1.71. The monoisotopic (exact) mass is 292 g/mol. The molecule has 0 spiro atoms. The van der Waals surface area contributed by atoms with Crippen LogP contribution in [-0.2, 0) is 0 Å². The normalized spacial score (nSPS) is 21.1. The van der Waals surface area contributed by atoms with Crippen LogP contribution in [0.3, 0.4) is 0 Å². The molecule has 1 aliphatic carbocycles. The summed E-state index contributed by atoms with van der Waals surface area (Å²) in [5, 5.41) is 4.29. The van der Waals surface area contributed by atoms with Crippen LogP contribution in [0.1, 0.15) is 29.4 Å². The zero-order valence-electron chi connectivity index (χ0n) is 11.2. The van der Waals surface area contributed by atoms with Crippen molar-refractivity contribution in [3.8, 4) is 0 Å². The third-order valence-corrected chi connectivity index (χ3v) is 5.09. The maximum atomic E-state index is 4.44. The van der Waals surface area contributed by atoms with Crippen LogP contribution in [0.4, 0.5) is 0 Å². The van der Waals surface area contributed by atoms with E-state index in [0.29, 0.717) is 11.8 Å². The number of fused-ring (bicyclic) bond motifs is 2. The summed E-state index contributed by atoms with van der Waals surface area (Å²) < 4.78 is 3.13. The fourth-order valence-corrected chi connectivity index (χ4v) is 3.88. The lowest BCUT2D eigenvalue weighted by Crippen LogP contribution is -1.94. The molecule has 1 fully saturated rings. The molecule has 3 aromatic heterocycles. The Balaban J connectivity index is 1.54. The van der Waals surface area contributed by atoms with E-state index in [1.807, 2.05) is 28.6 Å². The molecule has 102 valence electrons. The summed E-state index contributed by atoms with van der Waals surface area (Å²) in [5.74, 6) is 1.16. The molecule has 5 rings (SSSR count). The smallest absolute Gasteiger partial charge is 0.156 e. The molecule has 0 aliphatic heterocycles. The van der Waals surface area contributed by atoms with E-state index in [2.05, 4.69) is 39.3 Å². The van der Waals surface area contributed by atoms with Gasteiger partial charge in [-0.05, 0) is 42.0 Å². The fraction of sp³-hybridized carbons (Fsp3) is 0.188. The Hall–Kier alpha value is -2.27. The van der Waals surface area contributed by atoms with Gasteiger partial charge in [-0.25, -0.2) is 14.5 Å². The molecule has 21 heavy (non-hydrogen) atoms. The van der Waals surface area contributed by atoms with Gasteiger partial charge in [0.15, 0.2) is 5.65 Å². The minimum Gasteiger partial charge on any atom is -0.245 e. The molecular weight excluding hydrogens is 280 g/mol. The zero-order chi connectivity index (χ0) is 13.8. The topological polar surface area (TPSA) is 43.1 Å². The van der Waals surface area contributed by atoms with Gasteiger partial charge in [-0.3, -0.25) is 0 Å². The lowest BCUT2D eigenvalue weighted by molar-refractivity contribution is 0.905. The van der Waals surface area contributed by atoms with Gasteiger partial charge >= 0.3 is 0 Å². The molecule has 4 nitrogen and oxygen atoms in total. The van der Waals surface area contributed by atoms with Crippen LogP contribution in [-0.4, -0.2) is 19.6 Å². The molecule has 0 bridgehead atoms. The second-order valence-corrected chi connectivity index (χ2v) is 6.40. The standard InChI is InChI=1S/C16H12N4S/c1-2-14-15(21-9-18-14)7-10(1)12-8-13(12)11-3-4-19-20-6-5-17-16(11)20/h1-7,9,12-13H,8H2/t12-,13-/m1/s1. The summed E-state index contributed by atoms with van der Waals surface area (Å²) in [7, 11) is 0. The number of hydrogen-bond donors (Lipinski definition) is 0. The van der Waals surface area contributed by atoms with Gasteiger partial charge in [-0.15, -0.1) is 11.3 Å². The van der Waals surface area contributed by atoms with E-state index < -0.39 is 0 Å². The molecule has 2 atom stereocenters. The van der Waals surface area contributed by atoms with E-state index in [0.717, 1.165) is 11.2 Å². The van der Waals surface area contributed by atoms with Crippen molar-refractivity contribution in [2.24, 2.45) is 0 Å². The van der Waals surface area contributed by atoms with Crippen molar-refractivity contribution in [2.45, 2.75) is 18.3 Å². The minimum absolute atomic E-state index is 0.559. The SMILES string of the molecule is c1cn2nccc([C@H]3C[C@@H]3c3ccc4ncsc4c3)c2n1. The Kier molecular flexibility index (Phi) is 2.23. The lowest BCUT2D eigenvalue weighted by Gasteiger charge is -2.03. The first-order chi connectivity index (χ1) is 10.4. The predicted octanol–water partition coefficient (Wildman–Crippen LogP) is 3.61. The Labute approximate surface area is 125 Å². The van der Waals surface area contributed by atoms with Crippen molar-refractivity contribution in [1.82, 2.24) is 19.6 Å². The second-order valence-electron chi connectivity index (χ2n) is 5.51. The third-order valence-electron chi connectivity index (χ3n) is 4.30. The maximum Gasteiger partial charge on any atom is 0.156 e. The summed E-state index contributed by atoms with van der Waals surface area (Å²) in [6.45, 7) is 0. The van der Waals surface area contributed by atoms with Gasteiger partial charge in [0, 0.05) is 24.2 Å². The van der Waals surface area contributed by atoms with E-state index in [-0.39, 0.29) is 0 Å². The molecule has 1 aromatic carbocycles. The zero-order valence-corrected chi connectivity index (χ0v) is 12.0. The fourth-order valence-electron chi connectivity index (χ4n) is 3.16. The Bertz CT molecular complexity index is 955. The van der Waals surface area contributed by atoms with Crippen molar-refractivity contribution >= 4 is 27.2 Å². The quantitative estimate of drug-likeness (QED) is 0.567. The van der Waals surface area contributed by atoms with Gasteiger partial charge in [0.2, 0.25) is 0 Å². The van der Waals surface area contributed by atoms with Gasteiger partial charge in [0.05, 0.1) is 15.7 Å². The van der Waals surface area contributed by atoms with E-state index in [9.17, 15) is 0 Å². The molecule has 5 heteroatoms. The van der Waals surface area contributed by atoms with Crippen LogP contribution in [0.5, 0.6) is 0 Å². The molecule has 1 aliphatic rings. The molecule has 0 amide bonds. The van der Waals surface area contributed by atoms with E-state index in [1.54, 1.807) is 11.3 Å². The molecule has 0 radical (unpaired) electrons. The first kappa shape index (κ1) is 11.4. The molecule has 1 saturated carbocycles. The number of nitrogens with zero attached hydrogens (tertiary/aromatic N) is 4. The number of thiazole rings is 1. The van der Waals surface area contributed by atoms with Crippen LogP contribution >= 0.6 is 11.3 Å². The number of rotatable bonds is 2. The highest BCUT2D eigenvalue weighted by Gasteiger charge is 2.41. The Morgan fingerprint density at radius 1 is 1.10 bits per heavy atom. The van der Waals surface area contributed by atoms with E-state index >= 15 is 0 Å². The molecule has 3 heterocycles. The minimum atomic E-state index is 0.559. The molecular formula is C16H12N4S. The predicted molar refractivity (Wildman–Crippen MR) is 82.7 cm³/mol. The van der Waals surface area contributed by atoms with E-state index in [4.69, 9.17) is 0 Å². The van der Waals surface area contributed by atoms with Gasteiger partial charge in [0.25, 0.3) is 0 Å². The van der Waals surface area contributed by atoms with Gasteiger partial charge in [-0.2, -0.15) is 5.10 Å². The summed E-state index contributed by atoms with van der Waals surface area (Å²) in [5.41, 5.74) is 6.72. The van der Waals surface area contributed by atoms with Crippen molar-refractivity contribution in [3.05, 3.63) is 59.5 Å². The van der Waals surface area contributed by atoms with Crippen LogP contribution in [0.15, 0.2) is 48.4 Å². The van der Waals surface area contributed by atoms with Crippen molar-refractivity contribution in [3.63, 3.8) is 0 Å². The van der Waals surface area contributed by atoms with Crippen LogP contribution < -0.4 is 0 Å². The maximum absolute atomic E-state index is 4.44. The van der Waals surface area contributed by atoms with Crippen LogP contribution in [0, 0.1) is 0 Å². The van der Waals surface area contributed by atoms with Crippen LogP contribution in [0.2, 0.25) is 0 Å². The van der Waals surface area contributed by atoms with Gasteiger partial charge in [-0.1, -0.05) is 6.07 Å². The first-order valence-corrected chi connectivity index (χ1v) is 7.89. The average Bonchev–Trinajstić information content (AvgIpc) is 2.96. The summed E-state index contributed by atoms with van der Waals surface area (Å²) in [6, 6.07) is 8.75. The van der Waals surface area contributed by atoms with Crippen molar-refractivity contribution < 1.29 is 0 Å². The van der Waals surface area contributed by atoms with E-state index in [1.165, 1.54) is 22.2 Å². The molecule has 0 N–H and O–H groups in total. The van der Waals surface area contributed by atoms with Crippen molar-refractivity contribution in [2.75, 3.05) is 0 Å². The summed E-state index contributed by atoms with van der Waals surface area (Å²) in [6.07, 6.45) is 6.77. The Morgan fingerprint density at radius 3 is 3.10 bits per heavy atom. The van der Waals surface area contributed by atoms with Gasteiger partial charge < -0.3 is 0 Å². The lowest BCUT2D eigenvalue weighted by atomic mass is 10.1. The third kappa shape index (κ3) is 1.70. The highest BCUT2D eigenvalue weighted by molar-refractivity contribution is 7.16. The molecule has 4 aromatic rings. The van der Waals surface area contributed by atoms with Crippen molar-refractivity contribution in [1.29, 1.82) is 0 Å². The van der Waals surface area contributed by atoms with Gasteiger partial charge in [0.1, 0.15) is 0 Å². The first-order valence-electron chi connectivity index (χ1n) is 7.01. The van der Waals surface area contributed by atoms with Crippen LogP contribution in [0.25, 0.3) is 15.9 Å². The number of imidazole rings is 1. The number of benzene rings is 1. The highest BCUT2D eigenvalue weighted by Crippen LogP contribution is 2.55. The largest absolute Gasteiger partial charge is 0.245 e.